The summed E-state index contributed by atoms with van der Waals surface area (Å²) in [7, 11) is -2.59. The number of hydroxylamine groups is 1. The van der Waals surface area contributed by atoms with Crippen LogP contribution in [0.1, 0.15) is 59.1 Å². The van der Waals surface area contributed by atoms with Gasteiger partial charge < -0.3 is 18.6 Å². The van der Waals surface area contributed by atoms with Crippen molar-refractivity contribution in [3.63, 3.8) is 0 Å². The van der Waals surface area contributed by atoms with Gasteiger partial charge in [-0.2, -0.15) is 74.6 Å². The van der Waals surface area contributed by atoms with Crippen LogP contribution in [0.5, 0.6) is 11.5 Å². The quantitative estimate of drug-likeness (QED) is 0.0182. The number of carbonyl (C=O) groups excluding carboxylic acids is 2. The molecule has 0 aliphatic rings. The van der Waals surface area contributed by atoms with E-state index in [0.717, 1.165) is 6.08 Å². The highest BCUT2D eigenvalue weighted by molar-refractivity contribution is 6.76. The Balaban J connectivity index is 2.30. The van der Waals surface area contributed by atoms with Gasteiger partial charge in [-0.05, 0) is 66.0 Å². The number of anilines is 1. The molecule has 0 fully saturated rings. The lowest BCUT2D eigenvalue weighted by Crippen LogP contribution is -2.74. The lowest BCUT2D eigenvalue weighted by atomic mass is 9.88. The van der Waals surface area contributed by atoms with Crippen LogP contribution < -0.4 is 20.3 Å². The first-order valence-corrected chi connectivity index (χ1v) is 21.7. The first-order chi connectivity index (χ1) is 30.4. The summed E-state index contributed by atoms with van der Waals surface area (Å²) in [5.74, 6) is -57.1. The van der Waals surface area contributed by atoms with E-state index in [1.54, 1.807) is 19.1 Å². The molecule has 0 spiro atoms. The number of methoxy groups -OCH3 is 1. The molecule has 67 heavy (non-hydrogen) atoms. The van der Waals surface area contributed by atoms with Crippen molar-refractivity contribution >= 4 is 26.0 Å². The van der Waals surface area contributed by atoms with Gasteiger partial charge in [-0.25, -0.2) is 10.3 Å². The molecule has 2 aromatic rings. The van der Waals surface area contributed by atoms with Crippen LogP contribution >= 0.6 is 0 Å². The summed E-state index contributed by atoms with van der Waals surface area (Å²) in [5.41, 5.74) is 0.926. The Morgan fingerprint density at radius 1 is 0.687 bits per heavy atom. The van der Waals surface area contributed by atoms with Crippen LogP contribution in [0, 0.1) is 0 Å². The number of amides is 2. The van der Waals surface area contributed by atoms with Gasteiger partial charge in [-0.3, -0.25) is 15.3 Å². The standard InChI is InChI=1S/C40H45F17N2O7Si/c1-23(2)67(24(3)4,21-18-33(41,42)34(43,44)35(45,46)36(47,48)37(49,50)38(51,52)39(53,54)40(55,56)57)65-20-19-64-29-14-10-26(11-15-29)30(22-25(5)8-7-9-31(60)59-62)66-32(61)58-27-12-16-28(63-6)17-13-27/h7-17,23-24,30,62H,18-22H2,1-6H3,(H,58,61)(H,59,60)/b9-7+,25-8+/t30-/m0/s1. The number of benzene rings is 2. The second-order valence-corrected chi connectivity index (χ2v) is 20.5. The van der Waals surface area contributed by atoms with Crippen molar-refractivity contribution in [2.75, 3.05) is 25.6 Å². The zero-order valence-electron chi connectivity index (χ0n) is 35.9. The summed E-state index contributed by atoms with van der Waals surface area (Å²) in [6.07, 6.45) is -8.42. The largest absolute Gasteiger partial charge is 0.497 e. The minimum absolute atomic E-state index is 0.0562. The summed E-state index contributed by atoms with van der Waals surface area (Å²) in [6, 6.07) is 10.6. The summed E-state index contributed by atoms with van der Waals surface area (Å²) in [6.45, 7) is 5.89. The maximum Gasteiger partial charge on any atom is 0.460 e. The van der Waals surface area contributed by atoms with Crippen LogP contribution in [0.4, 0.5) is 85.1 Å². The van der Waals surface area contributed by atoms with Crippen molar-refractivity contribution in [2.45, 2.75) is 118 Å². The maximum atomic E-state index is 15.0. The topological polar surface area (TPSA) is 115 Å². The first kappa shape index (κ1) is 58.3. The van der Waals surface area contributed by atoms with Gasteiger partial charge in [0.05, 0.1) is 13.7 Å². The van der Waals surface area contributed by atoms with Gasteiger partial charge in [0, 0.05) is 24.6 Å². The fraction of sp³-hybridized carbons (Fsp3) is 0.550. The number of halogens is 17. The van der Waals surface area contributed by atoms with E-state index in [0.29, 0.717) is 22.6 Å². The van der Waals surface area contributed by atoms with Gasteiger partial charge in [0.15, 0.2) is 8.32 Å². The molecule has 0 aromatic heterocycles. The molecular weight excluding hydrogens is 971 g/mol. The zero-order valence-corrected chi connectivity index (χ0v) is 36.9. The molecule has 27 heteroatoms. The van der Waals surface area contributed by atoms with Crippen LogP contribution in [0.2, 0.25) is 17.1 Å². The Bertz CT molecular complexity index is 2010. The number of carbonyl (C=O) groups is 2. The molecule has 2 amide bonds. The number of rotatable bonds is 24. The normalized spacial score (nSPS) is 14.7. The Labute approximate surface area is 372 Å². The van der Waals surface area contributed by atoms with Crippen molar-refractivity contribution in [3.8, 4) is 11.5 Å². The summed E-state index contributed by atoms with van der Waals surface area (Å²) in [5, 5.41) is 11.2. The Kier molecular flexibility index (Phi) is 18.9. The highest BCUT2D eigenvalue weighted by Crippen LogP contribution is 2.64. The van der Waals surface area contributed by atoms with Gasteiger partial charge in [-0.1, -0.05) is 57.6 Å². The molecule has 0 unspecified atom stereocenters. The molecule has 0 bridgehead atoms. The third kappa shape index (κ3) is 12.5. The summed E-state index contributed by atoms with van der Waals surface area (Å²) >= 11 is 0. The molecule has 0 heterocycles. The molecule has 380 valence electrons. The van der Waals surface area contributed by atoms with Crippen LogP contribution in [-0.4, -0.2) is 93.5 Å². The molecule has 0 aliphatic heterocycles. The molecule has 2 aromatic carbocycles. The van der Waals surface area contributed by atoms with E-state index < -0.39 is 111 Å². The van der Waals surface area contributed by atoms with Gasteiger partial charge >= 0.3 is 53.7 Å². The van der Waals surface area contributed by atoms with Crippen LogP contribution in [0.25, 0.3) is 0 Å². The molecular formula is C40H45F17N2O7Si. The van der Waals surface area contributed by atoms with Crippen LogP contribution in [0.3, 0.4) is 0 Å². The van der Waals surface area contributed by atoms with Gasteiger partial charge in [-0.15, -0.1) is 0 Å². The molecule has 0 saturated carbocycles. The fourth-order valence-electron chi connectivity index (χ4n) is 6.40. The Hall–Kier alpha value is -4.79. The van der Waals surface area contributed by atoms with E-state index in [2.05, 4.69) is 5.32 Å². The third-order valence-corrected chi connectivity index (χ3v) is 16.1. The molecule has 0 saturated heterocycles. The molecule has 0 aliphatic carbocycles. The molecule has 2 rings (SSSR count). The molecule has 9 nitrogen and oxygen atoms in total. The van der Waals surface area contributed by atoms with E-state index in [4.69, 9.17) is 23.8 Å². The minimum Gasteiger partial charge on any atom is -0.497 e. The van der Waals surface area contributed by atoms with Gasteiger partial charge in [0.25, 0.3) is 5.91 Å². The molecule has 1 atom stereocenters. The monoisotopic (exact) mass is 1020 g/mol. The van der Waals surface area contributed by atoms with E-state index >= 15 is 8.78 Å². The Morgan fingerprint density at radius 3 is 1.63 bits per heavy atom. The van der Waals surface area contributed by atoms with Gasteiger partial charge in [0.2, 0.25) is 0 Å². The fourth-order valence-corrected chi connectivity index (χ4v) is 10.9. The van der Waals surface area contributed by atoms with Gasteiger partial charge in [0.1, 0.15) is 24.2 Å². The van der Waals surface area contributed by atoms with E-state index in [-0.39, 0.29) is 12.2 Å². The number of hydrogen-bond acceptors (Lipinski definition) is 7. The van der Waals surface area contributed by atoms with E-state index in [1.165, 1.54) is 88.8 Å². The first-order valence-electron chi connectivity index (χ1n) is 19.4. The van der Waals surface area contributed by atoms with Crippen molar-refractivity contribution in [1.29, 1.82) is 0 Å². The van der Waals surface area contributed by atoms with Crippen LogP contribution in [0.15, 0.2) is 72.3 Å². The highest BCUT2D eigenvalue weighted by atomic mass is 28.4. The van der Waals surface area contributed by atoms with E-state index in [9.17, 15) is 75.4 Å². The second kappa shape index (κ2) is 21.7. The average Bonchev–Trinajstić information content (AvgIpc) is 3.22. The smallest absolute Gasteiger partial charge is 0.460 e. The molecule has 3 N–H and O–H groups in total. The van der Waals surface area contributed by atoms with Crippen molar-refractivity contribution in [2.24, 2.45) is 0 Å². The predicted octanol–water partition coefficient (Wildman–Crippen LogP) is 12.9. The summed E-state index contributed by atoms with van der Waals surface area (Å²) in [4.78, 5) is 24.2. The average molecular weight is 1020 g/mol. The predicted molar refractivity (Wildman–Crippen MR) is 207 cm³/mol. The molecule has 0 radical (unpaired) electrons. The number of nitrogens with one attached hydrogen (secondary N) is 2. The maximum absolute atomic E-state index is 15.0. The highest BCUT2D eigenvalue weighted by Gasteiger charge is 2.95. The summed E-state index contributed by atoms with van der Waals surface area (Å²) < 4.78 is 258. The number of hydrogen-bond donors (Lipinski definition) is 3. The third-order valence-electron chi connectivity index (χ3n) is 10.4. The van der Waals surface area contributed by atoms with Crippen molar-refractivity contribution in [3.05, 3.63) is 77.9 Å². The Morgan fingerprint density at radius 2 is 1.16 bits per heavy atom. The zero-order chi connectivity index (χ0) is 51.8. The lowest BCUT2D eigenvalue weighted by Gasteiger charge is -2.44. The number of alkyl halides is 17. The minimum atomic E-state index is -8.71. The van der Waals surface area contributed by atoms with Crippen molar-refractivity contribution in [1.82, 2.24) is 5.48 Å². The number of allylic oxidation sites excluding steroid dienone is 2. The number of ether oxygens (including phenoxy) is 3. The SMILES string of the molecule is COc1ccc(NC(=O)O[C@@H](C/C(C)=C/C=C/C(=O)NO)c2ccc(OCCO[Si](CCC(F)(F)C(F)(F)C(F)(F)C(F)(F)C(F)(F)C(F)(F)C(F)(F)C(F)(F)F)(C(C)C)C(C)C)cc2)cc1. The van der Waals surface area contributed by atoms with E-state index in [1.807, 2.05) is 0 Å². The lowest BCUT2D eigenvalue weighted by molar-refractivity contribution is -0.461. The second-order valence-electron chi connectivity index (χ2n) is 15.5. The van der Waals surface area contributed by atoms with Crippen molar-refractivity contribution < 1.29 is 108 Å². The van der Waals surface area contributed by atoms with Crippen LogP contribution in [-0.2, 0) is 14.0 Å².